The van der Waals surface area contributed by atoms with Crippen molar-refractivity contribution in [2.24, 2.45) is 0 Å². The highest BCUT2D eigenvalue weighted by atomic mass is 19.1. The molecular formula is C18H16FN3O. The average Bonchev–Trinajstić information content (AvgIpc) is 2.53. The molecule has 116 valence electrons. The molecule has 1 N–H and O–H groups in total. The molecule has 0 saturated heterocycles. The summed E-state index contributed by atoms with van der Waals surface area (Å²) in [5, 5.41) is 0. The van der Waals surface area contributed by atoms with Gasteiger partial charge in [-0.05, 0) is 35.9 Å². The number of hydrogen-bond acceptors (Lipinski definition) is 3. The molecule has 2 aromatic carbocycles. The molecule has 0 aliphatic heterocycles. The first-order valence-electron chi connectivity index (χ1n) is 7.18. The minimum atomic E-state index is -0.383. The average molecular weight is 309 g/mol. The SMILES string of the molecule is CN(C)c1ccc(/C=C/c2nc3cc(F)ccc3[nH]c2=O)cc1. The first-order chi connectivity index (χ1) is 11.0. The summed E-state index contributed by atoms with van der Waals surface area (Å²) in [4.78, 5) is 20.9. The van der Waals surface area contributed by atoms with Crippen LogP contribution in [0.5, 0.6) is 0 Å². The molecule has 23 heavy (non-hydrogen) atoms. The van der Waals surface area contributed by atoms with E-state index in [1.54, 1.807) is 6.08 Å². The summed E-state index contributed by atoms with van der Waals surface area (Å²) in [5.41, 5.74) is 2.94. The normalized spacial score (nSPS) is 11.3. The molecule has 0 aliphatic rings. The highest BCUT2D eigenvalue weighted by molar-refractivity contribution is 5.77. The molecule has 5 heteroatoms. The summed E-state index contributed by atoms with van der Waals surface area (Å²) < 4.78 is 13.3. The van der Waals surface area contributed by atoms with Crippen molar-refractivity contribution in [3.8, 4) is 0 Å². The fourth-order valence-corrected chi connectivity index (χ4v) is 2.24. The number of H-pyrrole nitrogens is 1. The zero-order chi connectivity index (χ0) is 16.4. The van der Waals surface area contributed by atoms with E-state index in [-0.39, 0.29) is 17.1 Å². The van der Waals surface area contributed by atoms with E-state index >= 15 is 0 Å². The van der Waals surface area contributed by atoms with Crippen LogP contribution >= 0.6 is 0 Å². The Hall–Kier alpha value is -2.95. The van der Waals surface area contributed by atoms with Gasteiger partial charge in [0.15, 0.2) is 0 Å². The zero-order valence-corrected chi connectivity index (χ0v) is 12.9. The third-order valence-corrected chi connectivity index (χ3v) is 3.52. The number of benzene rings is 2. The van der Waals surface area contributed by atoms with Crippen molar-refractivity contribution >= 4 is 28.9 Å². The Balaban J connectivity index is 1.93. The smallest absolute Gasteiger partial charge is 0.274 e. The Kier molecular flexibility index (Phi) is 3.93. The fraction of sp³-hybridized carbons (Fsp3) is 0.111. The van der Waals surface area contributed by atoms with Crippen molar-refractivity contribution in [3.05, 3.63) is 69.9 Å². The zero-order valence-electron chi connectivity index (χ0n) is 12.9. The molecule has 3 aromatic rings. The van der Waals surface area contributed by atoms with Crippen molar-refractivity contribution in [1.29, 1.82) is 0 Å². The highest BCUT2D eigenvalue weighted by Crippen LogP contribution is 2.14. The molecule has 1 heterocycles. The second-order valence-electron chi connectivity index (χ2n) is 5.43. The first kappa shape index (κ1) is 15.0. The second-order valence-corrected chi connectivity index (χ2v) is 5.43. The lowest BCUT2D eigenvalue weighted by Gasteiger charge is -2.11. The maximum Gasteiger partial charge on any atom is 0.274 e. The Morgan fingerprint density at radius 2 is 1.83 bits per heavy atom. The number of nitrogens with one attached hydrogen (secondary N) is 1. The number of nitrogens with zero attached hydrogens (tertiary/aromatic N) is 2. The Labute approximate surface area is 132 Å². The molecule has 0 radical (unpaired) electrons. The van der Waals surface area contributed by atoms with Gasteiger partial charge in [-0.2, -0.15) is 0 Å². The molecule has 4 nitrogen and oxygen atoms in total. The standard InChI is InChI=1S/C18H16FN3O/c1-22(2)14-7-3-12(4-8-14)5-9-16-18(23)21-15-10-6-13(19)11-17(15)20-16/h3-11H,1-2H3,(H,21,23)/b9-5+. The molecule has 0 unspecified atom stereocenters. The highest BCUT2D eigenvalue weighted by Gasteiger charge is 2.03. The van der Waals surface area contributed by atoms with E-state index in [2.05, 4.69) is 9.97 Å². The third-order valence-electron chi connectivity index (χ3n) is 3.52. The van der Waals surface area contributed by atoms with Crippen LogP contribution in [-0.4, -0.2) is 24.1 Å². The van der Waals surface area contributed by atoms with Crippen LogP contribution in [0.1, 0.15) is 11.3 Å². The van der Waals surface area contributed by atoms with Crippen LogP contribution in [0.3, 0.4) is 0 Å². The number of anilines is 1. The summed E-state index contributed by atoms with van der Waals surface area (Å²) >= 11 is 0. The summed E-state index contributed by atoms with van der Waals surface area (Å²) in [5.74, 6) is -0.383. The van der Waals surface area contributed by atoms with E-state index in [1.807, 2.05) is 49.3 Å². The van der Waals surface area contributed by atoms with E-state index < -0.39 is 0 Å². The van der Waals surface area contributed by atoms with Crippen LogP contribution in [0.4, 0.5) is 10.1 Å². The lowest BCUT2D eigenvalue weighted by Crippen LogP contribution is -2.11. The molecule has 0 atom stereocenters. The van der Waals surface area contributed by atoms with Gasteiger partial charge < -0.3 is 9.88 Å². The van der Waals surface area contributed by atoms with Crippen LogP contribution in [0.25, 0.3) is 23.2 Å². The van der Waals surface area contributed by atoms with E-state index in [9.17, 15) is 9.18 Å². The number of hydrogen-bond donors (Lipinski definition) is 1. The van der Waals surface area contributed by atoms with Gasteiger partial charge in [-0.1, -0.05) is 18.2 Å². The minimum absolute atomic E-state index is 0.250. The van der Waals surface area contributed by atoms with Crippen LogP contribution in [0, 0.1) is 5.82 Å². The van der Waals surface area contributed by atoms with Gasteiger partial charge in [0.25, 0.3) is 5.56 Å². The van der Waals surface area contributed by atoms with Gasteiger partial charge in [0.05, 0.1) is 11.0 Å². The molecule has 0 fully saturated rings. The number of aromatic amines is 1. The molecule has 0 bridgehead atoms. The molecule has 0 saturated carbocycles. The van der Waals surface area contributed by atoms with E-state index in [4.69, 9.17) is 0 Å². The molecule has 0 spiro atoms. The maximum atomic E-state index is 13.3. The van der Waals surface area contributed by atoms with Crippen molar-refractivity contribution in [3.63, 3.8) is 0 Å². The van der Waals surface area contributed by atoms with Gasteiger partial charge in [0.2, 0.25) is 0 Å². The number of fused-ring (bicyclic) bond motifs is 1. The lowest BCUT2D eigenvalue weighted by molar-refractivity contribution is 0.629. The van der Waals surface area contributed by atoms with E-state index in [0.717, 1.165) is 11.3 Å². The largest absolute Gasteiger partial charge is 0.378 e. The van der Waals surface area contributed by atoms with Crippen LogP contribution in [0.2, 0.25) is 0 Å². The monoisotopic (exact) mass is 309 g/mol. The fourth-order valence-electron chi connectivity index (χ4n) is 2.24. The summed E-state index contributed by atoms with van der Waals surface area (Å²) in [6.45, 7) is 0. The van der Waals surface area contributed by atoms with Crippen molar-refractivity contribution in [2.75, 3.05) is 19.0 Å². The Morgan fingerprint density at radius 1 is 1.09 bits per heavy atom. The summed E-state index contributed by atoms with van der Waals surface area (Å²) in [6, 6.07) is 12.0. The lowest BCUT2D eigenvalue weighted by atomic mass is 10.1. The van der Waals surface area contributed by atoms with E-state index in [0.29, 0.717) is 11.0 Å². The van der Waals surface area contributed by atoms with Crippen LogP contribution in [0.15, 0.2) is 47.3 Å². The van der Waals surface area contributed by atoms with Crippen molar-refractivity contribution in [1.82, 2.24) is 9.97 Å². The number of halogens is 1. The molecule has 0 amide bonds. The topological polar surface area (TPSA) is 49.0 Å². The van der Waals surface area contributed by atoms with Gasteiger partial charge in [-0.25, -0.2) is 9.37 Å². The van der Waals surface area contributed by atoms with Gasteiger partial charge in [0, 0.05) is 25.8 Å². The number of rotatable bonds is 3. The van der Waals surface area contributed by atoms with Gasteiger partial charge in [0.1, 0.15) is 11.5 Å². The van der Waals surface area contributed by atoms with Crippen LogP contribution < -0.4 is 10.5 Å². The summed E-state index contributed by atoms with van der Waals surface area (Å²) in [6.07, 6.45) is 3.44. The van der Waals surface area contributed by atoms with Crippen molar-refractivity contribution < 1.29 is 4.39 Å². The molecular weight excluding hydrogens is 293 g/mol. The van der Waals surface area contributed by atoms with Crippen molar-refractivity contribution in [2.45, 2.75) is 0 Å². The molecule has 1 aromatic heterocycles. The van der Waals surface area contributed by atoms with Gasteiger partial charge in [-0.3, -0.25) is 4.79 Å². The van der Waals surface area contributed by atoms with Gasteiger partial charge in [-0.15, -0.1) is 0 Å². The number of aromatic nitrogens is 2. The van der Waals surface area contributed by atoms with Crippen LogP contribution in [-0.2, 0) is 0 Å². The Morgan fingerprint density at radius 3 is 2.52 bits per heavy atom. The Bertz CT molecular complexity index is 927. The molecule has 0 aliphatic carbocycles. The first-order valence-corrected chi connectivity index (χ1v) is 7.18. The minimum Gasteiger partial charge on any atom is -0.378 e. The predicted molar refractivity (Wildman–Crippen MR) is 92.0 cm³/mol. The van der Waals surface area contributed by atoms with E-state index in [1.165, 1.54) is 18.2 Å². The maximum absolute atomic E-state index is 13.3. The molecule has 3 rings (SSSR count). The predicted octanol–water partition coefficient (Wildman–Crippen LogP) is 3.30. The summed E-state index contributed by atoms with van der Waals surface area (Å²) in [7, 11) is 3.95. The van der Waals surface area contributed by atoms with Gasteiger partial charge >= 0.3 is 0 Å². The second kappa shape index (κ2) is 6.04. The third kappa shape index (κ3) is 3.29. The quantitative estimate of drug-likeness (QED) is 0.807.